The van der Waals surface area contributed by atoms with Crippen molar-refractivity contribution in [2.24, 2.45) is 0 Å². The van der Waals surface area contributed by atoms with E-state index in [4.69, 9.17) is 0 Å². The molecule has 0 aliphatic carbocycles. The fourth-order valence-corrected chi connectivity index (χ4v) is 9.17. The van der Waals surface area contributed by atoms with E-state index in [9.17, 15) is 0 Å². The van der Waals surface area contributed by atoms with Crippen molar-refractivity contribution in [2.45, 2.75) is 80.8 Å². The number of rotatable bonds is 4. The van der Waals surface area contributed by atoms with Gasteiger partial charge in [-0.3, -0.25) is 0 Å². The Morgan fingerprint density at radius 3 is 0.925 bits per heavy atom. The minimum atomic E-state index is -1.53. The average Bonchev–Trinajstić information content (AvgIpc) is 2.82. The molecule has 0 saturated heterocycles. The molecule has 206 valence electrons. The average molecular weight is 559 g/mol. The van der Waals surface area contributed by atoms with Gasteiger partial charge in [0.05, 0.1) is 16.1 Å². The molecule has 40 heavy (non-hydrogen) atoms. The van der Waals surface area contributed by atoms with E-state index in [0.29, 0.717) is 0 Å². The summed E-state index contributed by atoms with van der Waals surface area (Å²) >= 11 is 0. The smallest absolute Gasteiger partial charge is 0.0656 e. The molecule has 0 aliphatic heterocycles. The molecule has 0 radical (unpaired) electrons. The van der Waals surface area contributed by atoms with Gasteiger partial charge < -0.3 is 0 Å². The Morgan fingerprint density at radius 1 is 0.350 bits per heavy atom. The summed E-state index contributed by atoms with van der Waals surface area (Å²) < 4.78 is 0. The van der Waals surface area contributed by atoms with Crippen LogP contribution in [-0.2, 0) is 0 Å². The molecule has 0 N–H and O–H groups in total. The monoisotopic (exact) mass is 558 g/mol. The summed E-state index contributed by atoms with van der Waals surface area (Å²) in [5.41, 5.74) is 13.7. The SMILES string of the molecule is Cc1cc(C)c(-c2c3ccc([Si](C)(C)C)cc3c(-c3c(C)cc(C)cc3C)c3ccc([Si](C)(C)C)cc23)c(C)c1. The van der Waals surface area contributed by atoms with Crippen molar-refractivity contribution in [3.63, 3.8) is 0 Å². The van der Waals surface area contributed by atoms with Crippen molar-refractivity contribution in [1.29, 1.82) is 0 Å². The van der Waals surface area contributed by atoms with Crippen LogP contribution >= 0.6 is 0 Å². The molecule has 0 aromatic heterocycles. The summed E-state index contributed by atoms with van der Waals surface area (Å²) in [6, 6.07) is 24.4. The molecule has 5 aromatic carbocycles. The molecule has 0 amide bonds. The lowest BCUT2D eigenvalue weighted by Crippen LogP contribution is -2.37. The van der Waals surface area contributed by atoms with Gasteiger partial charge in [0.15, 0.2) is 0 Å². The maximum Gasteiger partial charge on any atom is 0.0776 e. The summed E-state index contributed by atoms with van der Waals surface area (Å²) in [5, 5.41) is 8.60. The van der Waals surface area contributed by atoms with Crippen molar-refractivity contribution < 1.29 is 0 Å². The summed E-state index contributed by atoms with van der Waals surface area (Å²) in [6.07, 6.45) is 0. The Kier molecular flexibility index (Phi) is 7.04. The Morgan fingerprint density at radius 2 is 0.650 bits per heavy atom. The standard InChI is InChI=1S/C38H46Si2/c1-23-17-25(3)35(26(4)18-23)37-31-15-13-30(40(10,11)12)22-34(31)38(36-27(5)19-24(2)20-28(36)6)32-16-14-29(21-33(32)37)39(7,8)9/h13-22H,1-12H3. The third-order valence-electron chi connectivity index (χ3n) is 8.70. The molecule has 0 bridgehead atoms. The number of hydrogen-bond donors (Lipinski definition) is 0. The molecule has 0 heterocycles. The van der Waals surface area contributed by atoms with Gasteiger partial charge in [-0.1, -0.05) is 121 Å². The zero-order chi connectivity index (χ0) is 29.3. The Hall–Kier alpha value is -2.95. The normalized spacial score (nSPS) is 12.5. The van der Waals surface area contributed by atoms with Crippen LogP contribution in [0.4, 0.5) is 0 Å². The van der Waals surface area contributed by atoms with E-state index in [2.05, 4.69) is 141 Å². The first-order valence-electron chi connectivity index (χ1n) is 14.8. The molecular formula is C38H46Si2. The van der Waals surface area contributed by atoms with Gasteiger partial charge >= 0.3 is 0 Å². The highest BCUT2D eigenvalue weighted by molar-refractivity contribution is 6.89. The summed E-state index contributed by atoms with van der Waals surface area (Å²) in [7, 11) is -3.06. The molecule has 2 heteroatoms. The Bertz CT molecular complexity index is 1630. The van der Waals surface area contributed by atoms with Crippen LogP contribution < -0.4 is 10.4 Å². The third-order valence-corrected chi connectivity index (χ3v) is 12.8. The highest BCUT2D eigenvalue weighted by Gasteiger charge is 2.25. The van der Waals surface area contributed by atoms with Crippen LogP contribution in [0, 0.1) is 41.5 Å². The van der Waals surface area contributed by atoms with Gasteiger partial charge in [0, 0.05) is 0 Å². The van der Waals surface area contributed by atoms with Gasteiger partial charge in [-0.2, -0.15) is 0 Å². The molecule has 0 spiro atoms. The maximum absolute atomic E-state index is 2.56. The highest BCUT2D eigenvalue weighted by Crippen LogP contribution is 2.46. The Labute approximate surface area is 244 Å². The first-order chi connectivity index (χ1) is 18.6. The summed E-state index contributed by atoms with van der Waals surface area (Å²) in [6.45, 7) is 28.4. The van der Waals surface area contributed by atoms with Crippen LogP contribution in [0.5, 0.6) is 0 Å². The molecule has 0 saturated carbocycles. The zero-order valence-corrected chi connectivity index (χ0v) is 28.8. The van der Waals surface area contributed by atoms with Gasteiger partial charge in [0.1, 0.15) is 0 Å². The van der Waals surface area contributed by atoms with Crippen LogP contribution in [0.1, 0.15) is 33.4 Å². The third kappa shape index (κ3) is 4.90. The second kappa shape index (κ2) is 9.85. The second-order valence-electron chi connectivity index (χ2n) is 14.3. The topological polar surface area (TPSA) is 0 Å². The Balaban J connectivity index is 2.11. The van der Waals surface area contributed by atoms with E-state index >= 15 is 0 Å². The van der Waals surface area contributed by atoms with Gasteiger partial charge in [0.25, 0.3) is 0 Å². The van der Waals surface area contributed by atoms with Crippen LogP contribution in [0.2, 0.25) is 39.3 Å². The maximum atomic E-state index is 2.56. The first kappa shape index (κ1) is 28.6. The number of fused-ring (bicyclic) bond motifs is 2. The number of benzene rings is 5. The van der Waals surface area contributed by atoms with Gasteiger partial charge in [-0.15, -0.1) is 0 Å². The quantitative estimate of drug-likeness (QED) is 0.152. The van der Waals surface area contributed by atoms with Crippen molar-refractivity contribution in [3.05, 3.63) is 94.0 Å². The van der Waals surface area contributed by atoms with Crippen LogP contribution in [0.15, 0.2) is 60.7 Å². The fraction of sp³-hybridized carbons (Fsp3) is 0.316. The largest absolute Gasteiger partial charge is 0.0776 e. The predicted octanol–water partition coefficient (Wildman–Crippen LogP) is 10.3. The molecular weight excluding hydrogens is 513 g/mol. The lowest BCUT2D eigenvalue weighted by atomic mass is 9.81. The summed E-state index contributed by atoms with van der Waals surface area (Å²) in [4.78, 5) is 0. The van der Waals surface area contributed by atoms with Gasteiger partial charge in [0.2, 0.25) is 0 Å². The van der Waals surface area contributed by atoms with Crippen LogP contribution in [-0.4, -0.2) is 16.1 Å². The van der Waals surface area contributed by atoms with E-state index in [1.54, 1.807) is 0 Å². The molecule has 0 aliphatic rings. The van der Waals surface area contributed by atoms with Crippen molar-refractivity contribution >= 4 is 48.1 Å². The van der Waals surface area contributed by atoms with E-state index in [-0.39, 0.29) is 0 Å². The fourth-order valence-electron chi connectivity index (χ4n) is 6.85. The van der Waals surface area contributed by atoms with Gasteiger partial charge in [-0.25, -0.2) is 0 Å². The minimum absolute atomic E-state index is 1.33. The van der Waals surface area contributed by atoms with Crippen molar-refractivity contribution in [3.8, 4) is 22.3 Å². The summed E-state index contributed by atoms with van der Waals surface area (Å²) in [5.74, 6) is 0. The highest BCUT2D eigenvalue weighted by atomic mass is 28.3. The first-order valence-corrected chi connectivity index (χ1v) is 21.8. The number of aryl methyl sites for hydroxylation is 6. The lowest BCUT2D eigenvalue weighted by molar-refractivity contribution is 1.32. The lowest BCUT2D eigenvalue weighted by Gasteiger charge is -2.26. The molecule has 0 unspecified atom stereocenters. The van der Waals surface area contributed by atoms with Crippen molar-refractivity contribution in [2.75, 3.05) is 0 Å². The minimum Gasteiger partial charge on any atom is -0.0656 e. The second-order valence-corrected chi connectivity index (χ2v) is 24.5. The predicted molar refractivity (Wildman–Crippen MR) is 187 cm³/mol. The molecule has 0 atom stereocenters. The molecule has 5 aromatic rings. The van der Waals surface area contributed by atoms with E-state index in [1.807, 2.05) is 0 Å². The number of hydrogen-bond acceptors (Lipinski definition) is 0. The van der Waals surface area contributed by atoms with Crippen LogP contribution in [0.3, 0.4) is 0 Å². The van der Waals surface area contributed by atoms with Crippen LogP contribution in [0.25, 0.3) is 43.8 Å². The van der Waals surface area contributed by atoms with E-state index in [1.165, 1.54) is 87.6 Å². The molecule has 0 nitrogen and oxygen atoms in total. The zero-order valence-electron chi connectivity index (χ0n) is 26.8. The van der Waals surface area contributed by atoms with E-state index in [0.717, 1.165) is 0 Å². The molecule has 0 fully saturated rings. The van der Waals surface area contributed by atoms with Crippen molar-refractivity contribution in [1.82, 2.24) is 0 Å². The van der Waals surface area contributed by atoms with Gasteiger partial charge in [-0.05, 0) is 108 Å². The van der Waals surface area contributed by atoms with E-state index < -0.39 is 16.1 Å². The molecule has 5 rings (SSSR count).